The molecular formula is C12H19N3O5S. The number of aliphatic hydroxyl groups excluding tert-OH is 1. The fourth-order valence-corrected chi connectivity index (χ4v) is 3.34. The van der Waals surface area contributed by atoms with Crippen LogP contribution in [0, 0.1) is 0 Å². The maximum atomic E-state index is 12.4. The monoisotopic (exact) mass is 317 g/mol. The predicted molar refractivity (Wildman–Crippen MR) is 74.4 cm³/mol. The fourth-order valence-electron chi connectivity index (χ4n) is 1.94. The van der Waals surface area contributed by atoms with Gasteiger partial charge in [-0.1, -0.05) is 0 Å². The van der Waals surface area contributed by atoms with E-state index in [1.807, 2.05) is 0 Å². The van der Waals surface area contributed by atoms with Crippen molar-refractivity contribution in [1.82, 2.24) is 14.6 Å². The summed E-state index contributed by atoms with van der Waals surface area (Å²) in [6.07, 6.45) is 1.29. The number of ether oxygens (including phenoxy) is 1. The van der Waals surface area contributed by atoms with E-state index in [1.54, 1.807) is 6.92 Å². The smallest absolute Gasteiger partial charge is 0.268 e. The summed E-state index contributed by atoms with van der Waals surface area (Å²) >= 11 is 0. The molecule has 1 saturated heterocycles. The van der Waals surface area contributed by atoms with Crippen molar-refractivity contribution in [1.29, 1.82) is 0 Å². The van der Waals surface area contributed by atoms with Gasteiger partial charge in [-0.25, -0.2) is 8.42 Å². The van der Waals surface area contributed by atoms with Crippen molar-refractivity contribution in [3.8, 4) is 0 Å². The summed E-state index contributed by atoms with van der Waals surface area (Å²) in [4.78, 5) is 14.5. The Balaban J connectivity index is 2.13. The van der Waals surface area contributed by atoms with Crippen LogP contribution in [0.5, 0.6) is 0 Å². The first-order chi connectivity index (χ1) is 9.95. The molecule has 9 heteroatoms. The zero-order valence-corrected chi connectivity index (χ0v) is 12.5. The number of nitrogens with zero attached hydrogens (tertiary/aromatic N) is 1. The number of sulfonamides is 1. The largest absolute Gasteiger partial charge is 0.394 e. The molecule has 0 saturated carbocycles. The van der Waals surface area contributed by atoms with Crippen LogP contribution in [0.4, 0.5) is 0 Å². The molecule has 0 unspecified atom stereocenters. The number of hydrogen-bond donors (Lipinski definition) is 3. The number of nitrogens with one attached hydrogen (secondary N) is 2. The summed E-state index contributed by atoms with van der Waals surface area (Å²) in [6.45, 7) is 2.79. The van der Waals surface area contributed by atoms with Crippen LogP contribution in [0.3, 0.4) is 0 Å². The van der Waals surface area contributed by atoms with Gasteiger partial charge in [0.25, 0.3) is 5.91 Å². The summed E-state index contributed by atoms with van der Waals surface area (Å²) in [6, 6.07) is 0.893. The highest BCUT2D eigenvalue weighted by molar-refractivity contribution is 7.89. The lowest BCUT2D eigenvalue weighted by Crippen LogP contribution is -2.40. The highest BCUT2D eigenvalue weighted by atomic mass is 32.2. The Morgan fingerprint density at radius 1 is 1.52 bits per heavy atom. The highest BCUT2D eigenvalue weighted by Crippen LogP contribution is 2.18. The molecule has 1 aromatic rings. The molecule has 0 spiro atoms. The predicted octanol–water partition coefficient (Wildman–Crippen LogP) is -0.854. The molecule has 8 nitrogen and oxygen atoms in total. The number of aliphatic hydroxyl groups is 1. The van der Waals surface area contributed by atoms with E-state index < -0.39 is 22.0 Å². The van der Waals surface area contributed by atoms with Crippen molar-refractivity contribution < 1.29 is 23.1 Å². The normalized spacial score (nSPS) is 18.4. The highest BCUT2D eigenvalue weighted by Gasteiger charge is 2.28. The van der Waals surface area contributed by atoms with E-state index >= 15 is 0 Å². The van der Waals surface area contributed by atoms with Crippen molar-refractivity contribution in [3.63, 3.8) is 0 Å². The van der Waals surface area contributed by atoms with Gasteiger partial charge in [-0.05, 0) is 13.0 Å². The van der Waals surface area contributed by atoms with E-state index in [9.17, 15) is 13.2 Å². The average Bonchev–Trinajstić information content (AvgIpc) is 2.98. The van der Waals surface area contributed by atoms with E-state index in [0.29, 0.717) is 26.3 Å². The molecule has 1 aromatic heterocycles. The number of amides is 1. The molecule has 118 valence electrons. The molecule has 1 fully saturated rings. The van der Waals surface area contributed by atoms with E-state index in [4.69, 9.17) is 9.84 Å². The zero-order valence-electron chi connectivity index (χ0n) is 11.7. The Hall–Kier alpha value is -1.42. The van der Waals surface area contributed by atoms with Gasteiger partial charge in [0.1, 0.15) is 10.6 Å². The molecule has 0 radical (unpaired) electrons. The molecule has 1 atom stereocenters. The molecule has 2 rings (SSSR count). The van der Waals surface area contributed by atoms with Crippen molar-refractivity contribution in [2.45, 2.75) is 17.9 Å². The summed E-state index contributed by atoms with van der Waals surface area (Å²) in [5.74, 6) is -0.458. The third-order valence-electron chi connectivity index (χ3n) is 3.16. The first-order valence-corrected chi connectivity index (χ1v) is 8.07. The number of hydrogen-bond acceptors (Lipinski definition) is 5. The van der Waals surface area contributed by atoms with Crippen molar-refractivity contribution >= 4 is 15.9 Å². The van der Waals surface area contributed by atoms with Crippen LogP contribution in [-0.2, 0) is 14.8 Å². The summed E-state index contributed by atoms with van der Waals surface area (Å²) < 4.78 is 31.2. The number of aromatic nitrogens is 1. The van der Waals surface area contributed by atoms with Gasteiger partial charge in [0, 0.05) is 25.3 Å². The van der Waals surface area contributed by atoms with Gasteiger partial charge < -0.3 is 20.1 Å². The van der Waals surface area contributed by atoms with E-state index in [-0.39, 0.29) is 17.2 Å². The Bertz CT molecular complexity index is 592. The molecule has 1 aliphatic heterocycles. The second-order valence-electron chi connectivity index (χ2n) is 4.82. The van der Waals surface area contributed by atoms with Gasteiger partial charge in [0.05, 0.1) is 19.8 Å². The van der Waals surface area contributed by atoms with Crippen LogP contribution in [0.1, 0.15) is 17.4 Å². The molecule has 0 bridgehead atoms. The summed E-state index contributed by atoms with van der Waals surface area (Å²) in [7, 11) is -3.62. The van der Waals surface area contributed by atoms with Crippen LogP contribution < -0.4 is 5.32 Å². The number of aromatic amines is 1. The van der Waals surface area contributed by atoms with Gasteiger partial charge in [0.2, 0.25) is 10.0 Å². The standard InChI is InChI=1S/C12H19N3O5S/c1-9(8-16)14-12(17)11-6-10(7-13-11)21(18,19)15-2-4-20-5-3-15/h6-7,9,13,16H,2-5,8H2,1H3,(H,14,17)/t9-/m0/s1. The number of carbonyl (C=O) groups excluding carboxylic acids is 1. The van der Waals surface area contributed by atoms with Gasteiger partial charge in [0.15, 0.2) is 0 Å². The number of morpholine rings is 1. The second-order valence-corrected chi connectivity index (χ2v) is 6.76. The Kier molecular flexibility index (Phi) is 4.99. The van der Waals surface area contributed by atoms with Crippen molar-refractivity contribution in [2.24, 2.45) is 0 Å². The fraction of sp³-hybridized carbons (Fsp3) is 0.583. The molecule has 0 aromatic carbocycles. The minimum absolute atomic E-state index is 0.0474. The third kappa shape index (κ3) is 3.62. The van der Waals surface area contributed by atoms with Crippen LogP contribution >= 0.6 is 0 Å². The minimum Gasteiger partial charge on any atom is -0.394 e. The number of rotatable bonds is 5. The minimum atomic E-state index is -3.62. The molecule has 3 N–H and O–H groups in total. The number of carbonyl (C=O) groups is 1. The Morgan fingerprint density at radius 3 is 2.81 bits per heavy atom. The lowest BCUT2D eigenvalue weighted by molar-refractivity contribution is 0.0730. The maximum Gasteiger partial charge on any atom is 0.268 e. The lowest BCUT2D eigenvalue weighted by Gasteiger charge is -2.25. The SMILES string of the molecule is C[C@@H](CO)NC(=O)c1cc(S(=O)(=O)N2CCOCC2)c[nH]1. The molecule has 2 heterocycles. The third-order valence-corrected chi connectivity index (χ3v) is 5.04. The molecular weight excluding hydrogens is 298 g/mol. The number of H-pyrrole nitrogens is 1. The second kappa shape index (κ2) is 6.56. The van der Waals surface area contributed by atoms with Gasteiger partial charge in [-0.15, -0.1) is 0 Å². The van der Waals surface area contributed by atoms with Crippen molar-refractivity contribution in [3.05, 3.63) is 18.0 Å². The lowest BCUT2D eigenvalue weighted by atomic mass is 10.3. The Labute approximate surface area is 123 Å². The van der Waals surface area contributed by atoms with Crippen molar-refractivity contribution in [2.75, 3.05) is 32.9 Å². The van der Waals surface area contributed by atoms with Crippen LogP contribution in [0.25, 0.3) is 0 Å². The van der Waals surface area contributed by atoms with E-state index in [2.05, 4.69) is 10.3 Å². The van der Waals surface area contributed by atoms with Crippen LogP contribution in [0.2, 0.25) is 0 Å². The van der Waals surface area contributed by atoms with Gasteiger partial charge in [-0.2, -0.15) is 4.31 Å². The van der Waals surface area contributed by atoms with E-state index in [1.165, 1.54) is 16.6 Å². The summed E-state index contributed by atoms with van der Waals surface area (Å²) in [5.41, 5.74) is 0.141. The molecule has 1 aliphatic rings. The Morgan fingerprint density at radius 2 is 2.19 bits per heavy atom. The molecule has 1 amide bonds. The first kappa shape index (κ1) is 16.0. The first-order valence-electron chi connectivity index (χ1n) is 6.63. The maximum absolute atomic E-state index is 12.4. The van der Waals surface area contributed by atoms with Crippen LogP contribution in [0.15, 0.2) is 17.2 Å². The quantitative estimate of drug-likeness (QED) is 0.655. The van der Waals surface area contributed by atoms with Crippen LogP contribution in [-0.4, -0.2) is 67.7 Å². The zero-order chi connectivity index (χ0) is 15.5. The molecule has 21 heavy (non-hydrogen) atoms. The average molecular weight is 317 g/mol. The topological polar surface area (TPSA) is 112 Å². The van der Waals surface area contributed by atoms with Gasteiger partial charge >= 0.3 is 0 Å². The van der Waals surface area contributed by atoms with Gasteiger partial charge in [-0.3, -0.25) is 4.79 Å². The summed E-state index contributed by atoms with van der Waals surface area (Å²) in [5, 5.41) is 11.4. The molecule has 0 aliphatic carbocycles. The van der Waals surface area contributed by atoms with E-state index in [0.717, 1.165) is 0 Å².